The van der Waals surface area contributed by atoms with Gasteiger partial charge >= 0.3 is 107 Å². The van der Waals surface area contributed by atoms with Crippen LogP contribution in [0.3, 0.4) is 0 Å². The van der Waals surface area contributed by atoms with Crippen LogP contribution in [0.2, 0.25) is 0 Å². The van der Waals surface area contributed by atoms with Crippen LogP contribution in [0, 0.1) is 0 Å². The second kappa shape index (κ2) is 8.05. The normalized spacial score (nSPS) is 19.7. The first-order valence-electron chi connectivity index (χ1n) is 5.48. The molecule has 4 heteroatoms. The second-order valence-corrected chi connectivity index (χ2v) is 11.4. The SMILES string of the molecule is CCCS1=[C]([Zr+2]=[C](C)C)C=C2C=CC=C21.[Cl-].[Cl-]. The summed E-state index contributed by atoms with van der Waals surface area (Å²) in [7, 11) is 0.486. The maximum atomic E-state index is 2.49. The zero-order valence-electron chi connectivity index (χ0n) is 10.4. The standard InChI is InChI=1S/C10H11S.C3H6.2ClH.Zr/c1-2-7-11-8-6-9-4-3-5-10(9)11;1-3-2;;;/h3-6H,2,7H2,1H3;1-2H3;2*1H;/q;;;;+2/p-2. The van der Waals surface area contributed by atoms with Crippen LogP contribution >= 0.6 is 10.5 Å². The molecule has 0 fully saturated rings. The third-order valence-electron chi connectivity index (χ3n) is 2.41. The Kier molecular flexibility index (Phi) is 8.41. The number of fused-ring (bicyclic) bond motifs is 1. The molecule has 2 aliphatic rings. The van der Waals surface area contributed by atoms with Crippen molar-refractivity contribution in [1.82, 2.24) is 0 Å². The molecule has 0 N–H and O–H groups in total. The largest absolute Gasteiger partial charge is 1.00 e. The maximum Gasteiger partial charge on any atom is -1.00 e. The van der Waals surface area contributed by atoms with Crippen LogP contribution in [0.1, 0.15) is 27.2 Å². The smallest absolute Gasteiger partial charge is 1.00 e. The molecule has 0 aromatic carbocycles. The fraction of sp³-hybridized carbons (Fsp3) is 0.385. The van der Waals surface area contributed by atoms with Crippen molar-refractivity contribution in [2.24, 2.45) is 0 Å². The molecule has 0 spiro atoms. The van der Waals surface area contributed by atoms with Gasteiger partial charge in [0.2, 0.25) is 0 Å². The van der Waals surface area contributed by atoms with Gasteiger partial charge in [0, 0.05) is 0 Å². The van der Waals surface area contributed by atoms with E-state index in [1.165, 1.54) is 17.7 Å². The molecule has 17 heavy (non-hydrogen) atoms. The van der Waals surface area contributed by atoms with Gasteiger partial charge < -0.3 is 24.8 Å². The van der Waals surface area contributed by atoms with Gasteiger partial charge in [-0.2, -0.15) is 0 Å². The third-order valence-corrected chi connectivity index (χ3v) is 9.39. The van der Waals surface area contributed by atoms with E-state index in [1.807, 2.05) is 2.57 Å². The van der Waals surface area contributed by atoms with E-state index in [0.717, 1.165) is 0 Å². The van der Waals surface area contributed by atoms with Gasteiger partial charge in [0.05, 0.1) is 0 Å². The van der Waals surface area contributed by atoms with Gasteiger partial charge in [0.25, 0.3) is 0 Å². The predicted octanol–water partition coefficient (Wildman–Crippen LogP) is -2.51. The zero-order chi connectivity index (χ0) is 10.8. The minimum Gasteiger partial charge on any atom is -1.00 e. The molecule has 0 saturated heterocycles. The summed E-state index contributed by atoms with van der Waals surface area (Å²) in [6.45, 7) is 6.92. The molecular formula is C13H17Cl2SZr. The number of rotatable bonds is 3. The summed E-state index contributed by atoms with van der Waals surface area (Å²) in [5, 5.41) is 0. The molecule has 0 bridgehead atoms. The minimum atomic E-state index is -0.377. The van der Waals surface area contributed by atoms with Crippen LogP contribution < -0.4 is 24.8 Å². The summed E-state index contributed by atoms with van der Waals surface area (Å²) < 4.78 is 3.52. The van der Waals surface area contributed by atoms with E-state index in [9.17, 15) is 0 Å². The molecule has 0 aromatic rings. The topological polar surface area (TPSA) is 0 Å². The molecule has 0 nitrogen and oxygen atoms in total. The summed E-state index contributed by atoms with van der Waals surface area (Å²) in [5.74, 6) is 1.37. The van der Waals surface area contributed by atoms with E-state index in [1.54, 1.807) is 8.11 Å². The van der Waals surface area contributed by atoms with Crippen molar-refractivity contribution >= 4 is 16.3 Å². The van der Waals surface area contributed by atoms with Crippen molar-refractivity contribution < 1.29 is 47.6 Å². The minimum absolute atomic E-state index is 0. The summed E-state index contributed by atoms with van der Waals surface area (Å²) in [6, 6.07) is 0. The number of allylic oxidation sites excluding steroid dienone is 5. The van der Waals surface area contributed by atoms with Crippen LogP contribution in [0.25, 0.3) is 0 Å². The van der Waals surface area contributed by atoms with E-state index in [-0.39, 0.29) is 47.6 Å². The van der Waals surface area contributed by atoms with Crippen LogP contribution in [-0.4, -0.2) is 11.5 Å². The van der Waals surface area contributed by atoms with Crippen molar-refractivity contribution in [3.05, 3.63) is 34.8 Å². The molecule has 1 aliphatic carbocycles. The molecule has 2 rings (SSSR count). The van der Waals surface area contributed by atoms with Gasteiger partial charge in [-0.25, -0.2) is 0 Å². The van der Waals surface area contributed by atoms with Crippen molar-refractivity contribution in [2.45, 2.75) is 27.2 Å². The van der Waals surface area contributed by atoms with Crippen LogP contribution in [0.4, 0.5) is 0 Å². The molecule has 0 saturated carbocycles. The van der Waals surface area contributed by atoms with E-state index in [2.05, 4.69) is 45.1 Å². The van der Waals surface area contributed by atoms with Gasteiger partial charge in [0.1, 0.15) is 0 Å². The molecular weight excluding hydrogens is 350 g/mol. The van der Waals surface area contributed by atoms with Gasteiger partial charge in [0.15, 0.2) is 0 Å². The summed E-state index contributed by atoms with van der Waals surface area (Å²) in [4.78, 5) is 1.63. The molecule has 1 atom stereocenters. The Morgan fingerprint density at radius 1 is 1.29 bits per heavy atom. The maximum absolute atomic E-state index is 2.49. The first kappa shape index (κ1) is 17.8. The predicted molar refractivity (Wildman–Crippen MR) is 69.4 cm³/mol. The Balaban J connectivity index is 0.00000128. The molecule has 0 radical (unpaired) electrons. The second-order valence-electron chi connectivity index (χ2n) is 4.07. The van der Waals surface area contributed by atoms with Crippen molar-refractivity contribution in [3.8, 4) is 0 Å². The Labute approximate surface area is 130 Å². The average molecular weight is 367 g/mol. The average Bonchev–Trinajstić information content (AvgIpc) is 2.69. The fourth-order valence-electron chi connectivity index (χ4n) is 1.86. The Hall–Kier alpha value is 0.773. The fourth-order valence-corrected chi connectivity index (χ4v) is 9.44. The van der Waals surface area contributed by atoms with Crippen molar-refractivity contribution in [2.75, 3.05) is 5.75 Å². The van der Waals surface area contributed by atoms with Gasteiger partial charge in [-0.1, -0.05) is 0 Å². The summed E-state index contributed by atoms with van der Waals surface area (Å²) in [6.07, 6.45) is 10.6. The Bertz CT molecular complexity index is 438. The number of hydrogen-bond donors (Lipinski definition) is 0. The Morgan fingerprint density at radius 2 is 2.00 bits per heavy atom. The van der Waals surface area contributed by atoms with Crippen molar-refractivity contribution in [3.63, 3.8) is 0 Å². The van der Waals surface area contributed by atoms with E-state index in [4.69, 9.17) is 0 Å². The quantitative estimate of drug-likeness (QED) is 0.484. The number of halogens is 2. The van der Waals surface area contributed by atoms with Gasteiger partial charge in [-0.15, -0.1) is 0 Å². The third kappa shape index (κ3) is 4.13. The summed E-state index contributed by atoms with van der Waals surface area (Å²) in [5.41, 5.74) is 1.52. The zero-order valence-corrected chi connectivity index (χ0v) is 15.2. The number of hydrogen-bond acceptors (Lipinski definition) is 0. The first-order valence-corrected chi connectivity index (χ1v) is 9.33. The van der Waals surface area contributed by atoms with Gasteiger partial charge in [-0.3, -0.25) is 0 Å². The monoisotopic (exact) mass is 365 g/mol. The molecule has 0 aromatic heterocycles. The summed E-state index contributed by atoms with van der Waals surface area (Å²) >= 11 is -0.377. The molecule has 1 aliphatic heterocycles. The first-order chi connectivity index (χ1) is 7.22. The van der Waals surface area contributed by atoms with Crippen LogP contribution in [-0.2, 0) is 22.8 Å². The molecule has 1 heterocycles. The van der Waals surface area contributed by atoms with E-state index in [0.29, 0.717) is 10.5 Å². The molecule has 93 valence electrons. The van der Waals surface area contributed by atoms with Crippen molar-refractivity contribution in [1.29, 1.82) is 0 Å². The molecule has 1 unspecified atom stereocenters. The van der Waals surface area contributed by atoms with E-state index < -0.39 is 0 Å². The Morgan fingerprint density at radius 3 is 2.59 bits per heavy atom. The van der Waals surface area contributed by atoms with E-state index >= 15 is 0 Å². The van der Waals surface area contributed by atoms with Crippen LogP contribution in [0.15, 0.2) is 34.8 Å². The van der Waals surface area contributed by atoms with Crippen LogP contribution in [0.5, 0.6) is 0 Å². The van der Waals surface area contributed by atoms with Gasteiger partial charge in [-0.05, 0) is 0 Å². The molecule has 0 amide bonds.